The molecule has 1 fully saturated rings. The molecule has 0 bridgehead atoms. The highest BCUT2D eigenvalue weighted by Gasteiger charge is 2.35. The Morgan fingerprint density at radius 2 is 1.68 bits per heavy atom. The molecule has 1 aliphatic rings. The van der Waals surface area contributed by atoms with Gasteiger partial charge in [-0.15, -0.1) is 0 Å². The van der Waals surface area contributed by atoms with Crippen molar-refractivity contribution in [2.24, 2.45) is 5.92 Å². The summed E-state index contributed by atoms with van der Waals surface area (Å²) in [5.74, 6) is -2.08. The molecule has 0 aromatic heterocycles. The van der Waals surface area contributed by atoms with Gasteiger partial charge in [0, 0.05) is 24.2 Å². The van der Waals surface area contributed by atoms with E-state index in [-0.39, 0.29) is 18.9 Å². The highest BCUT2D eigenvalue weighted by atomic mass is 19.1. The van der Waals surface area contributed by atoms with Crippen LogP contribution in [0.15, 0.2) is 54.6 Å². The standard InChI is InChI=1S/C18H16FN3O3/c19-14-6-8-15(9-7-14)22-11-13(10-16(22)23)18(25)21-20-17(24)12-4-2-1-3-5-12/h1-9,13H,10-11H2,(H,20,24)(H,21,25)/t13-/m0/s1. The van der Waals surface area contributed by atoms with Gasteiger partial charge in [-0.2, -0.15) is 0 Å². The minimum Gasteiger partial charge on any atom is -0.312 e. The van der Waals surface area contributed by atoms with Crippen molar-refractivity contribution in [3.8, 4) is 0 Å². The number of hydrogen-bond acceptors (Lipinski definition) is 3. The molecule has 1 aliphatic heterocycles. The number of anilines is 1. The molecule has 25 heavy (non-hydrogen) atoms. The van der Waals surface area contributed by atoms with Crippen molar-refractivity contribution in [2.45, 2.75) is 6.42 Å². The van der Waals surface area contributed by atoms with Crippen LogP contribution < -0.4 is 15.8 Å². The molecular weight excluding hydrogens is 325 g/mol. The highest BCUT2D eigenvalue weighted by Crippen LogP contribution is 2.25. The number of nitrogens with zero attached hydrogens (tertiary/aromatic N) is 1. The zero-order valence-corrected chi connectivity index (χ0v) is 13.2. The summed E-state index contributed by atoms with van der Waals surface area (Å²) in [6, 6.07) is 14.0. The third kappa shape index (κ3) is 3.82. The molecule has 1 atom stereocenters. The van der Waals surface area contributed by atoms with Crippen molar-refractivity contribution in [3.63, 3.8) is 0 Å². The van der Waals surface area contributed by atoms with Crippen LogP contribution in [0.2, 0.25) is 0 Å². The van der Waals surface area contributed by atoms with E-state index < -0.39 is 23.5 Å². The molecule has 2 aromatic carbocycles. The number of amides is 3. The zero-order chi connectivity index (χ0) is 17.8. The van der Waals surface area contributed by atoms with Gasteiger partial charge in [0.15, 0.2) is 0 Å². The van der Waals surface area contributed by atoms with Gasteiger partial charge < -0.3 is 4.90 Å². The average molecular weight is 341 g/mol. The van der Waals surface area contributed by atoms with Crippen LogP contribution in [0.5, 0.6) is 0 Å². The lowest BCUT2D eigenvalue weighted by Crippen LogP contribution is -2.45. The molecule has 3 amide bonds. The molecule has 128 valence electrons. The quantitative estimate of drug-likeness (QED) is 0.833. The first-order chi connectivity index (χ1) is 12.0. The normalized spacial score (nSPS) is 16.6. The first-order valence-corrected chi connectivity index (χ1v) is 7.76. The summed E-state index contributed by atoms with van der Waals surface area (Å²) < 4.78 is 13.0. The second kappa shape index (κ2) is 7.12. The van der Waals surface area contributed by atoms with Crippen LogP contribution in [0.3, 0.4) is 0 Å². The van der Waals surface area contributed by atoms with Gasteiger partial charge in [-0.1, -0.05) is 18.2 Å². The third-order valence-electron chi connectivity index (χ3n) is 3.97. The number of hydrogen-bond donors (Lipinski definition) is 2. The fraction of sp³-hybridized carbons (Fsp3) is 0.167. The smallest absolute Gasteiger partial charge is 0.269 e. The number of halogens is 1. The van der Waals surface area contributed by atoms with E-state index in [0.29, 0.717) is 11.3 Å². The topological polar surface area (TPSA) is 78.5 Å². The molecule has 2 aromatic rings. The van der Waals surface area contributed by atoms with Crippen LogP contribution >= 0.6 is 0 Å². The van der Waals surface area contributed by atoms with Crippen molar-refractivity contribution in [2.75, 3.05) is 11.4 Å². The molecule has 6 nitrogen and oxygen atoms in total. The van der Waals surface area contributed by atoms with Crippen LogP contribution in [0.1, 0.15) is 16.8 Å². The molecule has 2 N–H and O–H groups in total. The van der Waals surface area contributed by atoms with E-state index in [1.165, 1.54) is 29.2 Å². The zero-order valence-electron chi connectivity index (χ0n) is 13.2. The lowest BCUT2D eigenvalue weighted by molar-refractivity contribution is -0.126. The van der Waals surface area contributed by atoms with E-state index in [2.05, 4.69) is 10.9 Å². The predicted octanol–water partition coefficient (Wildman–Crippen LogP) is 1.64. The number of benzene rings is 2. The maximum atomic E-state index is 13.0. The fourth-order valence-electron chi connectivity index (χ4n) is 2.64. The largest absolute Gasteiger partial charge is 0.312 e. The third-order valence-corrected chi connectivity index (χ3v) is 3.97. The van der Waals surface area contributed by atoms with Gasteiger partial charge in [0.25, 0.3) is 5.91 Å². The number of rotatable bonds is 3. The SMILES string of the molecule is O=C(NNC(=O)[C@H]1CC(=O)N(c2ccc(F)cc2)C1)c1ccccc1. The molecule has 7 heteroatoms. The Morgan fingerprint density at radius 3 is 2.36 bits per heavy atom. The summed E-state index contributed by atoms with van der Waals surface area (Å²) in [4.78, 5) is 37.6. The summed E-state index contributed by atoms with van der Waals surface area (Å²) in [7, 11) is 0. The van der Waals surface area contributed by atoms with Crippen molar-refractivity contribution in [1.29, 1.82) is 0 Å². The van der Waals surface area contributed by atoms with Gasteiger partial charge in [-0.25, -0.2) is 4.39 Å². The van der Waals surface area contributed by atoms with E-state index in [0.717, 1.165) is 0 Å². The first kappa shape index (κ1) is 16.6. The molecule has 0 spiro atoms. The Labute approximate surface area is 143 Å². The van der Waals surface area contributed by atoms with Crippen molar-refractivity contribution in [1.82, 2.24) is 10.9 Å². The van der Waals surface area contributed by atoms with E-state index >= 15 is 0 Å². The van der Waals surface area contributed by atoms with Crippen LogP contribution in [0.25, 0.3) is 0 Å². The van der Waals surface area contributed by atoms with Crippen LogP contribution in [-0.2, 0) is 9.59 Å². The molecule has 0 unspecified atom stereocenters. The first-order valence-electron chi connectivity index (χ1n) is 7.76. The summed E-state index contributed by atoms with van der Waals surface area (Å²) in [6.07, 6.45) is 0.0322. The maximum Gasteiger partial charge on any atom is 0.269 e. The number of hydrazine groups is 1. The van der Waals surface area contributed by atoms with E-state index in [1.54, 1.807) is 30.3 Å². The minimum absolute atomic E-state index is 0.0322. The minimum atomic E-state index is -0.589. The maximum absolute atomic E-state index is 13.0. The fourth-order valence-corrected chi connectivity index (χ4v) is 2.64. The second-order valence-electron chi connectivity index (χ2n) is 5.69. The van der Waals surface area contributed by atoms with Gasteiger partial charge in [0.2, 0.25) is 11.8 Å². The van der Waals surface area contributed by atoms with Crippen LogP contribution in [-0.4, -0.2) is 24.3 Å². The molecule has 3 rings (SSSR count). The molecule has 0 radical (unpaired) electrons. The van der Waals surface area contributed by atoms with Gasteiger partial charge in [0.05, 0.1) is 5.92 Å². The van der Waals surface area contributed by atoms with Crippen molar-refractivity contribution < 1.29 is 18.8 Å². The van der Waals surface area contributed by atoms with Crippen molar-refractivity contribution >= 4 is 23.4 Å². The number of carbonyl (C=O) groups is 3. The second-order valence-corrected chi connectivity index (χ2v) is 5.69. The van der Waals surface area contributed by atoms with E-state index in [9.17, 15) is 18.8 Å². The summed E-state index contributed by atoms with van der Waals surface area (Å²) in [5.41, 5.74) is 5.63. The average Bonchev–Trinajstić information content (AvgIpc) is 3.02. The Bertz CT molecular complexity index is 793. The van der Waals surface area contributed by atoms with Gasteiger partial charge in [0.1, 0.15) is 5.82 Å². The lowest BCUT2D eigenvalue weighted by atomic mass is 10.1. The Hall–Kier alpha value is -3.22. The summed E-state index contributed by atoms with van der Waals surface area (Å²) >= 11 is 0. The molecule has 0 aliphatic carbocycles. The molecular formula is C18H16FN3O3. The Balaban J connectivity index is 1.57. The van der Waals surface area contributed by atoms with Gasteiger partial charge in [-0.3, -0.25) is 25.2 Å². The summed E-state index contributed by atoms with van der Waals surface area (Å²) in [6.45, 7) is 0.178. The van der Waals surface area contributed by atoms with E-state index in [4.69, 9.17) is 0 Å². The molecule has 1 saturated heterocycles. The van der Waals surface area contributed by atoms with E-state index in [1.807, 2.05) is 0 Å². The van der Waals surface area contributed by atoms with Crippen LogP contribution in [0, 0.1) is 11.7 Å². The molecule has 1 heterocycles. The molecule has 0 saturated carbocycles. The monoisotopic (exact) mass is 341 g/mol. The number of nitrogens with one attached hydrogen (secondary N) is 2. The Morgan fingerprint density at radius 1 is 1.00 bits per heavy atom. The van der Waals surface area contributed by atoms with Crippen LogP contribution in [0.4, 0.5) is 10.1 Å². The lowest BCUT2D eigenvalue weighted by Gasteiger charge is -2.16. The summed E-state index contributed by atoms with van der Waals surface area (Å²) in [5, 5.41) is 0. The van der Waals surface area contributed by atoms with Crippen molar-refractivity contribution in [3.05, 3.63) is 66.0 Å². The van der Waals surface area contributed by atoms with Gasteiger partial charge in [-0.05, 0) is 36.4 Å². The number of carbonyl (C=O) groups excluding carboxylic acids is 3. The highest BCUT2D eigenvalue weighted by molar-refractivity contribution is 6.01. The van der Waals surface area contributed by atoms with Gasteiger partial charge >= 0.3 is 0 Å². The predicted molar refractivity (Wildman–Crippen MR) is 88.9 cm³/mol. The Kier molecular flexibility index (Phi) is 4.74.